The van der Waals surface area contributed by atoms with Crippen LogP contribution in [0.3, 0.4) is 0 Å². The Morgan fingerprint density at radius 1 is 1.25 bits per heavy atom. The second-order valence-electron chi connectivity index (χ2n) is 3.23. The standard InChI is InChI=1S/C11H7BrClFN2/c12-9-6-15-10(16-11(9)13)5-7-1-3-8(14)4-2-7/h1-4,6H,5H2. The lowest BCUT2D eigenvalue weighted by molar-refractivity contribution is 0.627. The van der Waals surface area contributed by atoms with Crippen molar-refractivity contribution in [1.82, 2.24) is 9.97 Å². The maximum absolute atomic E-state index is 12.7. The van der Waals surface area contributed by atoms with E-state index in [-0.39, 0.29) is 5.82 Å². The van der Waals surface area contributed by atoms with E-state index in [2.05, 4.69) is 25.9 Å². The maximum Gasteiger partial charge on any atom is 0.146 e. The highest BCUT2D eigenvalue weighted by Gasteiger charge is 2.03. The van der Waals surface area contributed by atoms with E-state index in [0.717, 1.165) is 5.56 Å². The van der Waals surface area contributed by atoms with Gasteiger partial charge in [0.2, 0.25) is 0 Å². The predicted octanol–water partition coefficient (Wildman–Crippen LogP) is 3.62. The van der Waals surface area contributed by atoms with Gasteiger partial charge in [-0.05, 0) is 33.6 Å². The smallest absolute Gasteiger partial charge is 0.146 e. The van der Waals surface area contributed by atoms with Crippen LogP contribution in [-0.4, -0.2) is 9.97 Å². The first-order valence-corrected chi connectivity index (χ1v) is 5.73. The molecule has 2 nitrogen and oxygen atoms in total. The molecule has 0 N–H and O–H groups in total. The maximum atomic E-state index is 12.7. The number of benzene rings is 1. The van der Waals surface area contributed by atoms with E-state index >= 15 is 0 Å². The molecule has 0 atom stereocenters. The molecular weight excluding hydrogens is 294 g/mol. The molecule has 1 aromatic carbocycles. The van der Waals surface area contributed by atoms with E-state index < -0.39 is 0 Å². The normalized spacial score (nSPS) is 10.4. The zero-order chi connectivity index (χ0) is 11.5. The summed E-state index contributed by atoms with van der Waals surface area (Å²) in [6.07, 6.45) is 2.14. The Hall–Kier alpha value is -1.00. The monoisotopic (exact) mass is 300 g/mol. The highest BCUT2D eigenvalue weighted by Crippen LogP contribution is 2.19. The van der Waals surface area contributed by atoms with E-state index in [9.17, 15) is 4.39 Å². The van der Waals surface area contributed by atoms with Gasteiger partial charge >= 0.3 is 0 Å². The van der Waals surface area contributed by atoms with Gasteiger partial charge in [0.15, 0.2) is 0 Å². The van der Waals surface area contributed by atoms with E-state index in [1.54, 1.807) is 18.3 Å². The zero-order valence-corrected chi connectivity index (χ0v) is 10.5. The lowest BCUT2D eigenvalue weighted by Gasteiger charge is -2.01. The van der Waals surface area contributed by atoms with Gasteiger partial charge in [-0.3, -0.25) is 0 Å². The third-order valence-electron chi connectivity index (χ3n) is 2.03. The number of rotatable bonds is 2. The van der Waals surface area contributed by atoms with Gasteiger partial charge in [0.25, 0.3) is 0 Å². The first-order chi connectivity index (χ1) is 7.65. The molecule has 0 amide bonds. The van der Waals surface area contributed by atoms with Crippen LogP contribution < -0.4 is 0 Å². The van der Waals surface area contributed by atoms with Crippen molar-refractivity contribution in [2.45, 2.75) is 6.42 Å². The quantitative estimate of drug-likeness (QED) is 0.792. The third-order valence-corrected chi connectivity index (χ3v) is 3.12. The Morgan fingerprint density at radius 3 is 2.56 bits per heavy atom. The van der Waals surface area contributed by atoms with E-state index in [4.69, 9.17) is 11.6 Å². The van der Waals surface area contributed by atoms with E-state index in [0.29, 0.717) is 21.9 Å². The van der Waals surface area contributed by atoms with Crippen LogP contribution in [0.1, 0.15) is 11.4 Å². The molecule has 0 aliphatic rings. The minimum atomic E-state index is -0.251. The molecule has 1 aromatic heterocycles. The molecule has 0 unspecified atom stereocenters. The molecule has 16 heavy (non-hydrogen) atoms. The van der Waals surface area contributed by atoms with Crippen molar-refractivity contribution < 1.29 is 4.39 Å². The van der Waals surface area contributed by atoms with Crippen LogP contribution in [0.15, 0.2) is 34.9 Å². The van der Waals surface area contributed by atoms with Crippen molar-refractivity contribution in [2.24, 2.45) is 0 Å². The zero-order valence-electron chi connectivity index (χ0n) is 8.12. The average molecular weight is 302 g/mol. The van der Waals surface area contributed by atoms with Crippen molar-refractivity contribution in [3.8, 4) is 0 Å². The van der Waals surface area contributed by atoms with E-state index in [1.165, 1.54) is 12.1 Å². The van der Waals surface area contributed by atoms with Crippen LogP contribution >= 0.6 is 27.5 Å². The Morgan fingerprint density at radius 2 is 1.94 bits per heavy atom. The summed E-state index contributed by atoms with van der Waals surface area (Å²) in [4.78, 5) is 8.22. The highest BCUT2D eigenvalue weighted by atomic mass is 79.9. The molecule has 0 saturated carbocycles. The van der Waals surface area contributed by atoms with Gasteiger partial charge in [0, 0.05) is 12.6 Å². The summed E-state index contributed by atoms with van der Waals surface area (Å²) >= 11 is 9.07. The second-order valence-corrected chi connectivity index (χ2v) is 4.44. The van der Waals surface area contributed by atoms with Crippen LogP contribution in [0.2, 0.25) is 5.15 Å². The molecule has 0 spiro atoms. The molecule has 0 aliphatic carbocycles. The Labute approximate surface area is 106 Å². The summed E-state index contributed by atoms with van der Waals surface area (Å²) in [7, 11) is 0. The van der Waals surface area contributed by atoms with Crippen molar-refractivity contribution in [1.29, 1.82) is 0 Å². The molecule has 0 bridgehead atoms. The summed E-state index contributed by atoms with van der Waals surface area (Å²) in [5, 5.41) is 0.382. The summed E-state index contributed by atoms with van der Waals surface area (Å²) < 4.78 is 13.3. The molecule has 0 saturated heterocycles. The summed E-state index contributed by atoms with van der Waals surface area (Å²) in [5.41, 5.74) is 0.944. The van der Waals surface area contributed by atoms with Crippen molar-refractivity contribution in [2.75, 3.05) is 0 Å². The van der Waals surface area contributed by atoms with Gasteiger partial charge in [0.1, 0.15) is 16.8 Å². The van der Waals surface area contributed by atoms with Gasteiger partial charge in [-0.1, -0.05) is 23.7 Å². The second kappa shape index (κ2) is 4.89. The molecule has 0 radical (unpaired) electrons. The van der Waals surface area contributed by atoms with Gasteiger partial charge in [-0.15, -0.1) is 0 Å². The lowest BCUT2D eigenvalue weighted by Crippen LogP contribution is -1.96. The number of hydrogen-bond acceptors (Lipinski definition) is 2. The molecular formula is C11H7BrClFN2. The van der Waals surface area contributed by atoms with Crippen molar-refractivity contribution in [3.05, 3.63) is 57.3 Å². The summed E-state index contributed by atoms with van der Waals surface area (Å²) in [6.45, 7) is 0. The number of nitrogens with zero attached hydrogens (tertiary/aromatic N) is 2. The molecule has 1 heterocycles. The number of halogens is 3. The van der Waals surface area contributed by atoms with Crippen molar-refractivity contribution in [3.63, 3.8) is 0 Å². The minimum absolute atomic E-state index is 0.251. The Kier molecular flexibility index (Phi) is 3.51. The SMILES string of the molecule is Fc1ccc(Cc2ncc(Br)c(Cl)n2)cc1. The average Bonchev–Trinajstić information content (AvgIpc) is 2.27. The van der Waals surface area contributed by atoms with Crippen LogP contribution in [0.25, 0.3) is 0 Å². The fourth-order valence-electron chi connectivity index (χ4n) is 1.25. The lowest BCUT2D eigenvalue weighted by atomic mass is 10.1. The largest absolute Gasteiger partial charge is 0.240 e. The predicted molar refractivity (Wildman–Crippen MR) is 63.9 cm³/mol. The van der Waals surface area contributed by atoms with Gasteiger partial charge in [-0.25, -0.2) is 14.4 Å². The Bertz CT molecular complexity index is 502. The van der Waals surface area contributed by atoms with Gasteiger partial charge in [-0.2, -0.15) is 0 Å². The fraction of sp³-hybridized carbons (Fsp3) is 0.0909. The molecule has 2 rings (SSSR count). The Balaban J connectivity index is 2.20. The van der Waals surface area contributed by atoms with Crippen LogP contribution in [0.4, 0.5) is 4.39 Å². The molecule has 0 fully saturated rings. The molecule has 0 aliphatic heterocycles. The van der Waals surface area contributed by atoms with Gasteiger partial charge in [0.05, 0.1) is 4.47 Å². The third kappa shape index (κ3) is 2.77. The van der Waals surface area contributed by atoms with Crippen molar-refractivity contribution >= 4 is 27.5 Å². The van der Waals surface area contributed by atoms with Gasteiger partial charge < -0.3 is 0 Å². The van der Waals surface area contributed by atoms with Crippen LogP contribution in [-0.2, 0) is 6.42 Å². The molecule has 82 valence electrons. The highest BCUT2D eigenvalue weighted by molar-refractivity contribution is 9.10. The topological polar surface area (TPSA) is 25.8 Å². The fourth-order valence-corrected chi connectivity index (χ4v) is 1.59. The number of aromatic nitrogens is 2. The molecule has 2 aromatic rings. The molecule has 5 heteroatoms. The summed E-state index contributed by atoms with van der Waals surface area (Å²) in [5.74, 6) is 0.360. The minimum Gasteiger partial charge on any atom is -0.240 e. The first kappa shape index (κ1) is 11.5. The summed E-state index contributed by atoms with van der Waals surface area (Å²) in [6, 6.07) is 6.23. The number of hydrogen-bond donors (Lipinski definition) is 0. The van der Waals surface area contributed by atoms with Crippen LogP contribution in [0, 0.1) is 5.82 Å². The first-order valence-electron chi connectivity index (χ1n) is 4.56. The van der Waals surface area contributed by atoms with E-state index in [1.807, 2.05) is 0 Å². The van der Waals surface area contributed by atoms with Crippen LogP contribution in [0.5, 0.6) is 0 Å².